The third kappa shape index (κ3) is 2.77. The van der Waals surface area contributed by atoms with Crippen molar-refractivity contribution in [1.82, 2.24) is 9.78 Å². The van der Waals surface area contributed by atoms with Crippen LogP contribution >= 0.6 is 0 Å². The number of nitrogens with zero attached hydrogens (tertiary/aromatic N) is 2. The number of carbonyl (C=O) groups is 1. The van der Waals surface area contributed by atoms with Gasteiger partial charge in [0.1, 0.15) is 0 Å². The molecular formula is C15H16N2O3. The Balaban J connectivity index is 2.63. The number of hydrogen-bond donors (Lipinski definition) is 1. The number of carboxylic acids is 1. The molecule has 1 aromatic carbocycles. The summed E-state index contributed by atoms with van der Waals surface area (Å²) in [5.41, 5.74) is 3.51. The molecule has 5 nitrogen and oxygen atoms in total. The smallest absolute Gasteiger partial charge is 0.308 e. The first-order chi connectivity index (χ1) is 9.38. The van der Waals surface area contributed by atoms with Crippen LogP contribution in [0.5, 0.6) is 0 Å². The largest absolute Gasteiger partial charge is 0.481 e. The van der Waals surface area contributed by atoms with Crippen molar-refractivity contribution in [3.8, 4) is 11.3 Å². The highest BCUT2D eigenvalue weighted by Gasteiger charge is 2.12. The summed E-state index contributed by atoms with van der Waals surface area (Å²) in [6.07, 6.45) is -0.299. The number of benzene rings is 1. The lowest BCUT2D eigenvalue weighted by molar-refractivity contribution is -0.136. The van der Waals surface area contributed by atoms with E-state index in [2.05, 4.69) is 5.10 Å². The van der Waals surface area contributed by atoms with Gasteiger partial charge in [0, 0.05) is 18.2 Å². The third-order valence-electron chi connectivity index (χ3n) is 3.15. The predicted octanol–water partition coefficient (Wildman–Crippen LogP) is 1.69. The van der Waals surface area contributed by atoms with Crippen LogP contribution in [-0.4, -0.2) is 20.9 Å². The first kappa shape index (κ1) is 14.0. The maximum atomic E-state index is 11.9. The normalized spacial score (nSPS) is 10.6. The van der Waals surface area contributed by atoms with Crippen molar-refractivity contribution in [3.05, 3.63) is 51.3 Å². The Labute approximate surface area is 116 Å². The number of hydrogen-bond acceptors (Lipinski definition) is 3. The molecule has 0 atom stereocenters. The third-order valence-corrected chi connectivity index (χ3v) is 3.15. The first-order valence-corrected chi connectivity index (χ1v) is 6.25. The molecule has 0 radical (unpaired) electrons. The molecule has 0 saturated heterocycles. The summed E-state index contributed by atoms with van der Waals surface area (Å²) in [6, 6.07) is 7.53. The van der Waals surface area contributed by atoms with Crippen LogP contribution in [0.3, 0.4) is 0 Å². The van der Waals surface area contributed by atoms with E-state index in [-0.39, 0.29) is 17.5 Å². The molecule has 104 valence electrons. The van der Waals surface area contributed by atoms with Gasteiger partial charge in [-0.25, -0.2) is 4.68 Å². The molecule has 1 heterocycles. The zero-order valence-corrected chi connectivity index (χ0v) is 11.7. The fourth-order valence-electron chi connectivity index (χ4n) is 2.10. The van der Waals surface area contributed by atoms with Gasteiger partial charge in [-0.05, 0) is 31.5 Å². The lowest BCUT2D eigenvalue weighted by Gasteiger charge is -2.09. The second kappa shape index (κ2) is 5.28. The second-order valence-electron chi connectivity index (χ2n) is 4.87. The molecule has 1 N–H and O–H groups in total. The van der Waals surface area contributed by atoms with Gasteiger partial charge in [-0.1, -0.05) is 17.7 Å². The summed E-state index contributed by atoms with van der Waals surface area (Å²) in [5, 5.41) is 13.1. The fraction of sp³-hybridized carbons (Fsp3) is 0.267. The van der Waals surface area contributed by atoms with E-state index < -0.39 is 5.97 Å². The average molecular weight is 272 g/mol. The Hall–Kier alpha value is -2.43. The van der Waals surface area contributed by atoms with Gasteiger partial charge in [0.25, 0.3) is 5.56 Å². The maximum Gasteiger partial charge on any atom is 0.308 e. The molecule has 1 aromatic heterocycles. The van der Waals surface area contributed by atoms with Crippen LogP contribution in [-0.2, 0) is 18.3 Å². The van der Waals surface area contributed by atoms with Crippen LogP contribution < -0.4 is 5.56 Å². The van der Waals surface area contributed by atoms with Gasteiger partial charge in [-0.15, -0.1) is 0 Å². The quantitative estimate of drug-likeness (QED) is 0.923. The Morgan fingerprint density at radius 1 is 1.30 bits per heavy atom. The zero-order chi connectivity index (χ0) is 14.9. The van der Waals surface area contributed by atoms with E-state index in [9.17, 15) is 9.59 Å². The fourth-order valence-corrected chi connectivity index (χ4v) is 2.10. The molecule has 0 spiro atoms. The predicted molar refractivity (Wildman–Crippen MR) is 75.7 cm³/mol. The van der Waals surface area contributed by atoms with Gasteiger partial charge in [0.15, 0.2) is 0 Å². The summed E-state index contributed by atoms with van der Waals surface area (Å²) in [6.45, 7) is 3.93. The summed E-state index contributed by atoms with van der Waals surface area (Å²) in [4.78, 5) is 22.7. The molecule has 0 unspecified atom stereocenters. The number of aliphatic carboxylic acids is 1. The van der Waals surface area contributed by atoms with Crippen LogP contribution in [0.4, 0.5) is 0 Å². The van der Waals surface area contributed by atoms with Crippen molar-refractivity contribution >= 4 is 5.97 Å². The summed E-state index contributed by atoms with van der Waals surface area (Å²) >= 11 is 0. The maximum absolute atomic E-state index is 11.9. The Morgan fingerprint density at radius 2 is 2.00 bits per heavy atom. The zero-order valence-electron chi connectivity index (χ0n) is 11.7. The van der Waals surface area contributed by atoms with Gasteiger partial charge in [-0.2, -0.15) is 5.10 Å². The van der Waals surface area contributed by atoms with E-state index in [1.807, 2.05) is 32.0 Å². The molecule has 0 fully saturated rings. The molecule has 0 aliphatic rings. The Bertz CT molecular complexity index is 732. The number of rotatable bonds is 3. The van der Waals surface area contributed by atoms with Crippen LogP contribution in [0.15, 0.2) is 29.1 Å². The summed E-state index contributed by atoms with van der Waals surface area (Å²) < 4.78 is 1.19. The average Bonchev–Trinajstić information content (AvgIpc) is 2.37. The van der Waals surface area contributed by atoms with Crippen LogP contribution in [0.2, 0.25) is 0 Å². The molecule has 5 heteroatoms. The van der Waals surface area contributed by atoms with Gasteiger partial charge in [0.2, 0.25) is 0 Å². The minimum atomic E-state index is -1.03. The minimum Gasteiger partial charge on any atom is -0.481 e. The van der Waals surface area contributed by atoms with E-state index >= 15 is 0 Å². The molecule has 0 bridgehead atoms. The van der Waals surface area contributed by atoms with Crippen molar-refractivity contribution in [2.24, 2.45) is 7.05 Å². The molecule has 0 aliphatic carbocycles. The van der Waals surface area contributed by atoms with Crippen LogP contribution in [0.25, 0.3) is 11.3 Å². The number of aromatic nitrogens is 2. The SMILES string of the molecule is Cc1ccc(C)c(-c2cc(CC(=O)O)c(=O)n(C)n2)c1. The van der Waals surface area contributed by atoms with Gasteiger partial charge >= 0.3 is 5.97 Å². The highest BCUT2D eigenvalue weighted by Crippen LogP contribution is 2.22. The second-order valence-corrected chi connectivity index (χ2v) is 4.87. The van der Waals surface area contributed by atoms with Gasteiger partial charge < -0.3 is 5.11 Å². The summed E-state index contributed by atoms with van der Waals surface area (Å²) in [5.74, 6) is -1.03. The van der Waals surface area contributed by atoms with E-state index in [1.54, 1.807) is 6.07 Å². The molecule has 0 aliphatic heterocycles. The lowest BCUT2D eigenvalue weighted by atomic mass is 10.0. The number of carboxylic acid groups (broad SMARTS) is 1. The van der Waals surface area contributed by atoms with Crippen molar-refractivity contribution in [3.63, 3.8) is 0 Å². The highest BCUT2D eigenvalue weighted by atomic mass is 16.4. The van der Waals surface area contributed by atoms with Crippen molar-refractivity contribution in [2.75, 3.05) is 0 Å². The van der Waals surface area contributed by atoms with Crippen molar-refractivity contribution in [1.29, 1.82) is 0 Å². The van der Waals surface area contributed by atoms with E-state index in [4.69, 9.17) is 5.11 Å². The van der Waals surface area contributed by atoms with Crippen LogP contribution in [0, 0.1) is 13.8 Å². The molecule has 2 aromatic rings. The monoisotopic (exact) mass is 272 g/mol. The van der Waals surface area contributed by atoms with Crippen molar-refractivity contribution < 1.29 is 9.90 Å². The molecular weight excluding hydrogens is 256 g/mol. The summed E-state index contributed by atoms with van der Waals surface area (Å²) in [7, 11) is 1.53. The molecule has 0 saturated carbocycles. The Morgan fingerprint density at radius 3 is 2.65 bits per heavy atom. The lowest BCUT2D eigenvalue weighted by Crippen LogP contribution is -2.25. The van der Waals surface area contributed by atoms with E-state index in [1.165, 1.54) is 11.7 Å². The minimum absolute atomic E-state index is 0.242. The topological polar surface area (TPSA) is 72.2 Å². The molecule has 20 heavy (non-hydrogen) atoms. The number of aryl methyl sites for hydroxylation is 3. The van der Waals surface area contributed by atoms with Crippen molar-refractivity contribution in [2.45, 2.75) is 20.3 Å². The first-order valence-electron chi connectivity index (χ1n) is 6.25. The Kier molecular flexibility index (Phi) is 3.70. The standard InChI is InChI=1S/C15H16N2O3/c1-9-4-5-10(2)12(6-9)13-7-11(8-14(18)19)15(20)17(3)16-13/h4-7H,8H2,1-3H3,(H,18,19). The van der Waals surface area contributed by atoms with E-state index in [0.717, 1.165) is 16.7 Å². The van der Waals surface area contributed by atoms with Gasteiger partial charge in [0.05, 0.1) is 12.1 Å². The van der Waals surface area contributed by atoms with E-state index in [0.29, 0.717) is 5.69 Å². The van der Waals surface area contributed by atoms with Crippen LogP contribution in [0.1, 0.15) is 16.7 Å². The molecule has 0 amide bonds. The molecule has 2 rings (SSSR count). The van der Waals surface area contributed by atoms with Gasteiger partial charge in [-0.3, -0.25) is 9.59 Å². The highest BCUT2D eigenvalue weighted by molar-refractivity contribution is 5.71.